The number of hydrogen-bond donors (Lipinski definition) is 2. The second-order valence-corrected chi connectivity index (χ2v) is 5.23. The number of nitrogens with zero attached hydrogens (tertiary/aromatic N) is 1. The average Bonchev–Trinajstić information content (AvgIpc) is 2.39. The molecule has 0 aliphatic heterocycles. The fourth-order valence-electron chi connectivity index (χ4n) is 1.50. The summed E-state index contributed by atoms with van der Waals surface area (Å²) in [6.07, 6.45) is 0. The van der Waals surface area contributed by atoms with Gasteiger partial charge in [-0.25, -0.2) is 4.39 Å². The molecule has 0 aliphatic carbocycles. The highest BCUT2D eigenvalue weighted by Gasteiger charge is 2.25. The molecule has 2 unspecified atom stereocenters. The van der Waals surface area contributed by atoms with E-state index in [9.17, 15) is 24.1 Å². The maximum Gasteiger partial charge on any atom is 0.308 e. The minimum Gasteiger partial charge on any atom is -0.481 e. The van der Waals surface area contributed by atoms with E-state index in [4.69, 9.17) is 5.11 Å². The lowest BCUT2D eigenvalue weighted by atomic mass is 10.0. The summed E-state index contributed by atoms with van der Waals surface area (Å²) in [5, 5.41) is 22.0. The lowest BCUT2D eigenvalue weighted by molar-refractivity contribution is -0.385. The number of nitro benzene ring substituents is 1. The van der Waals surface area contributed by atoms with Crippen LogP contribution in [-0.4, -0.2) is 27.9 Å². The van der Waals surface area contributed by atoms with Crippen LogP contribution in [0.25, 0.3) is 0 Å². The quantitative estimate of drug-likeness (QED) is 0.616. The van der Waals surface area contributed by atoms with Crippen LogP contribution in [0.1, 0.15) is 24.2 Å². The van der Waals surface area contributed by atoms with E-state index in [1.165, 1.54) is 13.8 Å². The van der Waals surface area contributed by atoms with Crippen molar-refractivity contribution in [2.45, 2.75) is 19.9 Å². The molecule has 1 rings (SSSR count). The molecule has 0 aliphatic rings. The van der Waals surface area contributed by atoms with Crippen LogP contribution in [0.4, 0.5) is 10.1 Å². The summed E-state index contributed by atoms with van der Waals surface area (Å²) in [6.45, 7) is 2.87. The summed E-state index contributed by atoms with van der Waals surface area (Å²) in [5.74, 6) is -3.71. The van der Waals surface area contributed by atoms with Gasteiger partial charge < -0.3 is 10.4 Å². The molecule has 0 bridgehead atoms. The summed E-state index contributed by atoms with van der Waals surface area (Å²) < 4.78 is 13.2. The maximum absolute atomic E-state index is 13.4. The van der Waals surface area contributed by atoms with Crippen molar-refractivity contribution in [2.75, 3.05) is 0 Å². The predicted octanol–water partition coefficient (Wildman–Crippen LogP) is 2.34. The van der Waals surface area contributed by atoms with Crippen molar-refractivity contribution < 1.29 is 24.0 Å². The van der Waals surface area contributed by atoms with Gasteiger partial charge in [-0.05, 0) is 35.8 Å². The number of carbonyl (C=O) groups is 2. The van der Waals surface area contributed by atoms with Gasteiger partial charge in [-0.3, -0.25) is 19.7 Å². The first kappa shape index (κ1) is 17.0. The number of nitrogens with one attached hydrogen (secondary N) is 1. The summed E-state index contributed by atoms with van der Waals surface area (Å²) in [5.41, 5.74) is -0.856. The Labute approximate surface area is 127 Å². The molecular formula is C12H12BrFN2O5. The molecule has 0 saturated heterocycles. The fraction of sp³-hybridized carbons (Fsp3) is 0.333. The van der Waals surface area contributed by atoms with Crippen molar-refractivity contribution >= 4 is 33.5 Å². The Morgan fingerprint density at radius 2 is 2.00 bits per heavy atom. The van der Waals surface area contributed by atoms with Gasteiger partial charge in [-0.1, -0.05) is 0 Å². The van der Waals surface area contributed by atoms with E-state index in [1.54, 1.807) is 0 Å². The number of amides is 1. The van der Waals surface area contributed by atoms with Crippen LogP contribution in [0.2, 0.25) is 0 Å². The topological polar surface area (TPSA) is 110 Å². The van der Waals surface area contributed by atoms with Gasteiger partial charge in [0.25, 0.3) is 11.6 Å². The second kappa shape index (κ2) is 6.61. The van der Waals surface area contributed by atoms with Crippen LogP contribution < -0.4 is 5.32 Å². The molecule has 0 heterocycles. The van der Waals surface area contributed by atoms with E-state index in [0.717, 1.165) is 6.07 Å². The van der Waals surface area contributed by atoms with Gasteiger partial charge in [-0.15, -0.1) is 0 Å². The van der Waals surface area contributed by atoms with Gasteiger partial charge in [0, 0.05) is 6.04 Å². The lowest BCUT2D eigenvalue weighted by Crippen LogP contribution is -2.40. The Hall–Kier alpha value is -2.03. The highest BCUT2D eigenvalue weighted by Crippen LogP contribution is 2.29. The van der Waals surface area contributed by atoms with Gasteiger partial charge in [0.2, 0.25) is 0 Å². The van der Waals surface area contributed by atoms with Crippen LogP contribution in [0.5, 0.6) is 0 Å². The number of hydrogen-bond acceptors (Lipinski definition) is 4. The SMILES string of the molecule is CC(NC(=O)c1cc(F)cc([N+](=O)[O-])c1Br)C(C)C(=O)O. The highest BCUT2D eigenvalue weighted by atomic mass is 79.9. The minimum atomic E-state index is -1.10. The third-order valence-corrected chi connectivity index (χ3v) is 3.79. The second-order valence-electron chi connectivity index (χ2n) is 4.43. The Morgan fingerprint density at radius 1 is 1.43 bits per heavy atom. The van der Waals surface area contributed by atoms with E-state index in [0.29, 0.717) is 6.07 Å². The Kier molecular flexibility index (Phi) is 5.36. The van der Waals surface area contributed by atoms with Crippen LogP contribution >= 0.6 is 15.9 Å². The van der Waals surface area contributed by atoms with Crippen molar-refractivity contribution in [3.8, 4) is 0 Å². The molecule has 21 heavy (non-hydrogen) atoms. The summed E-state index contributed by atoms with van der Waals surface area (Å²) >= 11 is 2.89. The molecule has 0 radical (unpaired) electrons. The van der Waals surface area contributed by atoms with Gasteiger partial charge in [0.05, 0.1) is 22.5 Å². The van der Waals surface area contributed by atoms with Crippen LogP contribution in [0.15, 0.2) is 16.6 Å². The molecule has 7 nitrogen and oxygen atoms in total. The average molecular weight is 363 g/mol. The van der Waals surface area contributed by atoms with E-state index in [-0.39, 0.29) is 10.0 Å². The zero-order valence-corrected chi connectivity index (χ0v) is 12.7. The molecule has 2 atom stereocenters. The third-order valence-electron chi connectivity index (χ3n) is 2.96. The number of carboxylic acid groups (broad SMARTS) is 1. The van der Waals surface area contributed by atoms with Gasteiger partial charge >= 0.3 is 5.97 Å². The molecule has 0 aromatic heterocycles. The molecule has 0 spiro atoms. The number of benzene rings is 1. The zero-order valence-electron chi connectivity index (χ0n) is 11.1. The van der Waals surface area contributed by atoms with E-state index in [1.807, 2.05) is 0 Å². The molecule has 1 aromatic carbocycles. The van der Waals surface area contributed by atoms with Crippen LogP contribution in [0, 0.1) is 21.8 Å². The smallest absolute Gasteiger partial charge is 0.308 e. The highest BCUT2D eigenvalue weighted by molar-refractivity contribution is 9.10. The van der Waals surface area contributed by atoms with Crippen molar-refractivity contribution in [3.05, 3.63) is 38.1 Å². The van der Waals surface area contributed by atoms with E-state index in [2.05, 4.69) is 21.2 Å². The Bertz CT molecular complexity index is 608. The van der Waals surface area contributed by atoms with Crippen LogP contribution in [-0.2, 0) is 4.79 Å². The van der Waals surface area contributed by atoms with Gasteiger partial charge in [-0.2, -0.15) is 0 Å². The monoisotopic (exact) mass is 362 g/mol. The molecule has 2 N–H and O–H groups in total. The third kappa shape index (κ3) is 3.97. The summed E-state index contributed by atoms with van der Waals surface area (Å²) in [6, 6.07) is 0.790. The number of aliphatic carboxylic acids is 1. The van der Waals surface area contributed by atoms with Crippen LogP contribution in [0.3, 0.4) is 0 Å². The van der Waals surface area contributed by atoms with Crippen molar-refractivity contribution in [1.29, 1.82) is 0 Å². The number of carbonyl (C=O) groups excluding carboxylic acids is 1. The number of halogens is 2. The zero-order chi connectivity index (χ0) is 16.3. The van der Waals surface area contributed by atoms with Crippen molar-refractivity contribution in [3.63, 3.8) is 0 Å². The molecule has 9 heteroatoms. The first-order chi connectivity index (χ1) is 9.65. The van der Waals surface area contributed by atoms with E-state index >= 15 is 0 Å². The summed E-state index contributed by atoms with van der Waals surface area (Å²) in [7, 11) is 0. The number of carboxylic acids is 1. The van der Waals surface area contributed by atoms with Crippen molar-refractivity contribution in [2.24, 2.45) is 5.92 Å². The first-order valence-corrected chi connectivity index (χ1v) is 6.61. The van der Waals surface area contributed by atoms with Gasteiger partial charge in [0.1, 0.15) is 10.3 Å². The molecule has 0 saturated carbocycles. The molecule has 114 valence electrons. The number of nitro groups is 1. The molecular weight excluding hydrogens is 351 g/mol. The fourth-order valence-corrected chi connectivity index (χ4v) is 2.05. The van der Waals surface area contributed by atoms with E-state index < -0.39 is 40.3 Å². The maximum atomic E-state index is 13.4. The standard InChI is InChI=1S/C12H12BrFN2O5/c1-5(12(18)19)6(2)15-11(17)8-3-7(14)4-9(10(8)13)16(20)21/h3-6H,1-2H3,(H,15,17)(H,18,19). The predicted molar refractivity (Wildman–Crippen MR) is 74.5 cm³/mol. The number of rotatable bonds is 5. The van der Waals surface area contributed by atoms with Gasteiger partial charge in [0.15, 0.2) is 0 Å². The molecule has 1 aromatic rings. The van der Waals surface area contributed by atoms with Crippen molar-refractivity contribution in [1.82, 2.24) is 5.32 Å². The Balaban J connectivity index is 3.08. The minimum absolute atomic E-state index is 0.165. The summed E-state index contributed by atoms with van der Waals surface area (Å²) in [4.78, 5) is 32.8. The normalized spacial score (nSPS) is 13.3. The largest absolute Gasteiger partial charge is 0.481 e. The molecule has 0 fully saturated rings. The first-order valence-electron chi connectivity index (χ1n) is 5.82. The lowest BCUT2D eigenvalue weighted by Gasteiger charge is -2.18. The molecule has 1 amide bonds. The Morgan fingerprint density at radius 3 is 2.48 bits per heavy atom.